The molecule has 1 aliphatic heterocycles. The van der Waals surface area contributed by atoms with Crippen molar-refractivity contribution in [2.24, 2.45) is 0 Å². The van der Waals surface area contributed by atoms with Crippen molar-refractivity contribution in [3.63, 3.8) is 0 Å². The van der Waals surface area contributed by atoms with Gasteiger partial charge in [-0.1, -0.05) is 19.3 Å². The van der Waals surface area contributed by atoms with Gasteiger partial charge in [-0.25, -0.2) is 8.42 Å². The van der Waals surface area contributed by atoms with Gasteiger partial charge in [0.1, 0.15) is 0 Å². The van der Waals surface area contributed by atoms with E-state index in [1.165, 1.54) is 29.1 Å². The van der Waals surface area contributed by atoms with Crippen LogP contribution in [-0.4, -0.2) is 50.6 Å². The highest BCUT2D eigenvalue weighted by Crippen LogP contribution is 2.25. The van der Waals surface area contributed by atoms with Gasteiger partial charge in [-0.15, -0.1) is 0 Å². The first-order chi connectivity index (χ1) is 12.4. The summed E-state index contributed by atoms with van der Waals surface area (Å²) in [6.45, 7) is 2.05. The number of nitrogens with zero attached hydrogens (tertiary/aromatic N) is 2. The van der Waals surface area contributed by atoms with Crippen LogP contribution in [0.25, 0.3) is 0 Å². The second-order valence-electron chi connectivity index (χ2n) is 7.39. The largest absolute Gasteiger partial charge is 0.372 e. The first-order valence-electron chi connectivity index (χ1n) is 9.55. The van der Waals surface area contributed by atoms with E-state index in [0.717, 1.165) is 45.2 Å². The van der Waals surface area contributed by atoms with Gasteiger partial charge in [-0.3, -0.25) is 4.79 Å². The second kappa shape index (κ2) is 8.39. The molecule has 1 heterocycles. The lowest BCUT2D eigenvalue weighted by Gasteiger charge is -2.31. The van der Waals surface area contributed by atoms with E-state index in [1.54, 1.807) is 0 Å². The van der Waals surface area contributed by atoms with Crippen LogP contribution in [0, 0.1) is 0 Å². The Bertz CT molecular complexity index is 706. The summed E-state index contributed by atoms with van der Waals surface area (Å²) >= 11 is 0. The van der Waals surface area contributed by atoms with Gasteiger partial charge in [0.25, 0.3) is 0 Å². The minimum atomic E-state index is -3.40. The van der Waals surface area contributed by atoms with Crippen molar-refractivity contribution in [2.45, 2.75) is 51.0 Å². The molecule has 1 amide bonds. The summed E-state index contributed by atoms with van der Waals surface area (Å²) in [6, 6.07) is 7.74. The maximum atomic E-state index is 12.4. The Morgan fingerprint density at radius 3 is 2.27 bits per heavy atom. The highest BCUT2D eigenvalue weighted by molar-refractivity contribution is 7.88. The van der Waals surface area contributed by atoms with Crippen molar-refractivity contribution < 1.29 is 13.2 Å². The normalized spacial score (nSPS) is 19.1. The highest BCUT2D eigenvalue weighted by Gasteiger charge is 2.29. The van der Waals surface area contributed by atoms with Gasteiger partial charge in [0.15, 0.2) is 0 Å². The first-order valence-corrected chi connectivity index (χ1v) is 11.4. The number of nitrogens with one attached hydrogen (secondary N) is 1. The molecule has 0 atom stereocenters. The fourth-order valence-corrected chi connectivity index (χ4v) is 5.06. The van der Waals surface area contributed by atoms with Crippen LogP contribution in [0.3, 0.4) is 0 Å². The molecule has 1 N–H and O–H groups in total. The van der Waals surface area contributed by atoms with Crippen molar-refractivity contribution in [1.82, 2.24) is 4.31 Å². The molecule has 6 nitrogen and oxygen atoms in total. The molecule has 26 heavy (non-hydrogen) atoms. The molecular formula is C19H29N3O3S. The summed E-state index contributed by atoms with van der Waals surface area (Å²) in [5.41, 5.74) is 1.87. The molecule has 0 unspecified atom stereocenters. The second-order valence-corrected chi connectivity index (χ2v) is 9.32. The van der Waals surface area contributed by atoms with Gasteiger partial charge in [-0.05, 0) is 49.9 Å². The molecule has 1 saturated heterocycles. The van der Waals surface area contributed by atoms with Gasteiger partial charge in [0.2, 0.25) is 15.9 Å². The van der Waals surface area contributed by atoms with Gasteiger partial charge in [0, 0.05) is 30.5 Å². The van der Waals surface area contributed by atoms with Crippen LogP contribution in [0.2, 0.25) is 0 Å². The number of carbonyl (C=O) groups excluding carboxylic acids is 1. The quantitative estimate of drug-likeness (QED) is 0.825. The van der Waals surface area contributed by atoms with Crippen molar-refractivity contribution in [3.05, 3.63) is 24.3 Å². The van der Waals surface area contributed by atoms with Crippen LogP contribution in [0.15, 0.2) is 24.3 Å². The summed E-state index contributed by atoms with van der Waals surface area (Å²) in [6.07, 6.45) is 8.51. The Morgan fingerprint density at radius 1 is 1.08 bits per heavy atom. The topological polar surface area (TPSA) is 69.7 Å². The molecule has 144 valence electrons. The number of sulfonamides is 1. The van der Waals surface area contributed by atoms with Crippen LogP contribution in [0.4, 0.5) is 11.4 Å². The van der Waals surface area contributed by atoms with Crippen LogP contribution in [0.1, 0.15) is 44.9 Å². The number of anilines is 2. The fourth-order valence-electron chi connectivity index (χ4n) is 3.96. The average Bonchev–Trinajstić information content (AvgIpc) is 3.15. The van der Waals surface area contributed by atoms with Crippen LogP contribution in [0.5, 0.6) is 0 Å². The highest BCUT2D eigenvalue weighted by atomic mass is 32.2. The Hall–Kier alpha value is -1.60. The molecule has 0 spiro atoms. The average molecular weight is 380 g/mol. The molecule has 2 fully saturated rings. The molecule has 0 radical (unpaired) electrons. The Labute approximate surface area is 156 Å². The molecule has 1 saturated carbocycles. The van der Waals surface area contributed by atoms with E-state index in [2.05, 4.69) is 10.2 Å². The summed E-state index contributed by atoms with van der Waals surface area (Å²) in [5, 5.41) is 2.84. The minimum absolute atomic E-state index is 0.0537. The van der Waals surface area contributed by atoms with Gasteiger partial charge < -0.3 is 10.2 Å². The predicted octanol–water partition coefficient (Wildman–Crippen LogP) is 2.82. The van der Waals surface area contributed by atoms with Gasteiger partial charge in [0.05, 0.1) is 12.8 Å². The van der Waals surface area contributed by atoms with Gasteiger partial charge >= 0.3 is 0 Å². The lowest BCUT2D eigenvalue weighted by atomic mass is 9.95. The number of amides is 1. The van der Waals surface area contributed by atoms with E-state index in [-0.39, 0.29) is 18.5 Å². The summed E-state index contributed by atoms with van der Waals surface area (Å²) in [5.74, 6) is -0.282. The molecule has 0 bridgehead atoms. The van der Waals surface area contributed by atoms with Crippen LogP contribution in [-0.2, 0) is 14.8 Å². The van der Waals surface area contributed by atoms with E-state index in [9.17, 15) is 13.2 Å². The van der Waals surface area contributed by atoms with E-state index in [4.69, 9.17) is 0 Å². The van der Waals surface area contributed by atoms with Crippen molar-refractivity contribution in [2.75, 3.05) is 36.1 Å². The van der Waals surface area contributed by atoms with E-state index in [1.807, 2.05) is 24.3 Å². The lowest BCUT2D eigenvalue weighted by Crippen LogP contribution is -2.45. The molecule has 7 heteroatoms. The predicted molar refractivity (Wildman–Crippen MR) is 105 cm³/mol. The zero-order valence-corrected chi connectivity index (χ0v) is 16.3. The number of rotatable bonds is 6. The van der Waals surface area contributed by atoms with Crippen molar-refractivity contribution >= 4 is 27.3 Å². The molecule has 0 aromatic heterocycles. The first kappa shape index (κ1) is 19.2. The summed E-state index contributed by atoms with van der Waals surface area (Å²) < 4.78 is 25.7. The summed E-state index contributed by atoms with van der Waals surface area (Å²) in [4.78, 5) is 14.8. The smallest absolute Gasteiger partial charge is 0.239 e. The monoisotopic (exact) mass is 379 g/mol. The maximum absolute atomic E-state index is 12.4. The molecule has 1 aromatic carbocycles. The van der Waals surface area contributed by atoms with Crippen LogP contribution < -0.4 is 10.2 Å². The zero-order valence-electron chi connectivity index (χ0n) is 15.5. The molecule has 1 aliphatic carbocycles. The third-order valence-corrected chi connectivity index (χ3v) is 6.61. The van der Waals surface area contributed by atoms with Crippen LogP contribution >= 0.6 is 0 Å². The number of carbonyl (C=O) groups is 1. The standard InChI is InChI=1S/C19H29N3O3S/c1-26(24,25)22(18-7-3-2-4-8-18)15-19(23)20-16-9-11-17(12-10-16)21-13-5-6-14-21/h9-12,18H,2-8,13-15H2,1H3,(H,20,23). The minimum Gasteiger partial charge on any atom is -0.372 e. The molecule has 3 rings (SSSR count). The maximum Gasteiger partial charge on any atom is 0.239 e. The molecule has 2 aliphatic rings. The van der Waals surface area contributed by atoms with Gasteiger partial charge in [-0.2, -0.15) is 4.31 Å². The van der Waals surface area contributed by atoms with E-state index in [0.29, 0.717) is 5.69 Å². The van der Waals surface area contributed by atoms with E-state index >= 15 is 0 Å². The fraction of sp³-hybridized carbons (Fsp3) is 0.632. The number of hydrogen-bond acceptors (Lipinski definition) is 4. The van der Waals surface area contributed by atoms with Crippen molar-refractivity contribution in [1.29, 1.82) is 0 Å². The van der Waals surface area contributed by atoms with Crippen molar-refractivity contribution in [3.8, 4) is 0 Å². The zero-order chi connectivity index (χ0) is 18.6. The summed E-state index contributed by atoms with van der Waals surface area (Å²) in [7, 11) is -3.40. The number of benzene rings is 1. The molecule has 1 aromatic rings. The SMILES string of the molecule is CS(=O)(=O)N(CC(=O)Nc1ccc(N2CCCC2)cc1)C1CCCCC1. The Morgan fingerprint density at radius 2 is 1.69 bits per heavy atom. The third kappa shape index (κ3) is 4.98. The van der Waals surface area contributed by atoms with E-state index < -0.39 is 10.0 Å². The third-order valence-electron chi connectivity index (χ3n) is 5.33. The number of hydrogen-bond donors (Lipinski definition) is 1. The Kier molecular flexibility index (Phi) is 6.19. The molecular weight excluding hydrogens is 350 g/mol. The lowest BCUT2D eigenvalue weighted by molar-refractivity contribution is -0.116. The Balaban J connectivity index is 1.60.